The van der Waals surface area contributed by atoms with Gasteiger partial charge in [0.2, 0.25) is 0 Å². The highest BCUT2D eigenvalue weighted by Gasteiger charge is 2.30. The number of hydrogen-bond acceptors (Lipinski definition) is 8. The lowest BCUT2D eigenvalue weighted by Crippen LogP contribution is -2.49. The summed E-state index contributed by atoms with van der Waals surface area (Å²) >= 11 is 1.47. The van der Waals surface area contributed by atoms with Crippen molar-refractivity contribution in [2.24, 2.45) is 0 Å². The van der Waals surface area contributed by atoms with Crippen LogP contribution in [-0.4, -0.2) is 98.4 Å². The molecular formula is C10H23NO6S. The van der Waals surface area contributed by atoms with E-state index in [1.165, 1.54) is 11.8 Å². The summed E-state index contributed by atoms with van der Waals surface area (Å²) in [7, 11) is 1.72. The third-order valence-corrected chi connectivity index (χ3v) is 3.47. The molecule has 0 rings (SSSR count). The first-order valence-electron chi connectivity index (χ1n) is 5.64. The van der Waals surface area contributed by atoms with E-state index in [2.05, 4.69) is 0 Å². The lowest BCUT2D eigenvalue weighted by molar-refractivity contribution is -0.118. The Labute approximate surface area is 111 Å². The van der Waals surface area contributed by atoms with Gasteiger partial charge in [0.25, 0.3) is 0 Å². The predicted molar refractivity (Wildman–Crippen MR) is 68.2 cm³/mol. The van der Waals surface area contributed by atoms with Gasteiger partial charge >= 0.3 is 0 Å². The van der Waals surface area contributed by atoms with E-state index in [4.69, 9.17) is 15.3 Å². The molecule has 0 aromatic rings. The quantitative estimate of drug-likeness (QED) is 0.186. The molecule has 110 valence electrons. The summed E-state index contributed by atoms with van der Waals surface area (Å²) in [6, 6.07) is 0. The van der Waals surface area contributed by atoms with Crippen molar-refractivity contribution in [1.82, 2.24) is 4.90 Å². The van der Waals surface area contributed by atoms with Gasteiger partial charge < -0.3 is 30.6 Å². The van der Waals surface area contributed by atoms with Gasteiger partial charge in [-0.15, -0.1) is 11.8 Å². The monoisotopic (exact) mass is 285 g/mol. The van der Waals surface area contributed by atoms with Gasteiger partial charge in [-0.2, -0.15) is 0 Å². The van der Waals surface area contributed by atoms with Crippen LogP contribution in [0, 0.1) is 0 Å². The number of nitrogens with zero attached hydrogens (tertiary/aromatic N) is 1. The van der Waals surface area contributed by atoms with E-state index in [9.17, 15) is 15.3 Å². The van der Waals surface area contributed by atoms with Crippen molar-refractivity contribution in [3.05, 3.63) is 0 Å². The maximum Gasteiger partial charge on any atom is 0.111 e. The van der Waals surface area contributed by atoms with Crippen molar-refractivity contribution in [2.45, 2.75) is 24.4 Å². The molecule has 0 fully saturated rings. The molecule has 7 nitrogen and oxygen atoms in total. The van der Waals surface area contributed by atoms with E-state index in [1.807, 2.05) is 0 Å². The molecule has 0 aliphatic rings. The molecule has 0 aliphatic heterocycles. The highest BCUT2D eigenvalue weighted by molar-refractivity contribution is 7.99. The largest absolute Gasteiger partial charge is 0.396 e. The summed E-state index contributed by atoms with van der Waals surface area (Å²) in [5.74, 6) is 1.14. The molecule has 0 heterocycles. The molecule has 18 heavy (non-hydrogen) atoms. The Hall–Kier alpha value is 0.0700. The number of aliphatic hydroxyl groups excluding tert-OH is 6. The molecule has 0 aliphatic carbocycles. The Bertz CT molecular complexity index is 211. The second kappa shape index (κ2) is 9.93. The molecule has 0 amide bonds. The lowest BCUT2D eigenvalue weighted by Gasteiger charge is -2.28. The minimum atomic E-state index is -1.59. The van der Waals surface area contributed by atoms with Crippen LogP contribution >= 0.6 is 11.8 Å². The van der Waals surface area contributed by atoms with Gasteiger partial charge in [-0.3, -0.25) is 4.90 Å². The molecule has 4 atom stereocenters. The summed E-state index contributed by atoms with van der Waals surface area (Å²) in [6.45, 7) is -0.507. The standard InChI is InChI=1S/C10H23NO6S/c1-11(6-18-3-2-12)4-7(14)9(16)10(17)8(15)5-13/h7-10,12-17H,2-6H2,1H3/t7-,8+,9-,10+/m0/s1. The smallest absolute Gasteiger partial charge is 0.111 e. The van der Waals surface area contributed by atoms with Crippen LogP contribution in [0.5, 0.6) is 0 Å². The van der Waals surface area contributed by atoms with Crippen LogP contribution in [-0.2, 0) is 0 Å². The first kappa shape index (κ1) is 18.1. The average molecular weight is 285 g/mol. The van der Waals surface area contributed by atoms with E-state index in [0.29, 0.717) is 11.6 Å². The topological polar surface area (TPSA) is 125 Å². The van der Waals surface area contributed by atoms with Crippen molar-refractivity contribution < 1.29 is 30.6 Å². The van der Waals surface area contributed by atoms with Gasteiger partial charge in [-0.25, -0.2) is 0 Å². The molecule has 0 saturated heterocycles. The molecule has 8 heteroatoms. The zero-order chi connectivity index (χ0) is 14.1. The van der Waals surface area contributed by atoms with Crippen LogP contribution in [0.2, 0.25) is 0 Å². The Morgan fingerprint density at radius 2 is 1.56 bits per heavy atom. The van der Waals surface area contributed by atoms with Crippen LogP contribution in [0.4, 0.5) is 0 Å². The third-order valence-electron chi connectivity index (χ3n) is 2.37. The van der Waals surface area contributed by atoms with Gasteiger partial charge in [0.05, 0.1) is 19.3 Å². The van der Waals surface area contributed by atoms with Crippen LogP contribution in [0.15, 0.2) is 0 Å². The fourth-order valence-corrected chi connectivity index (χ4v) is 2.00. The van der Waals surface area contributed by atoms with Crippen LogP contribution in [0.3, 0.4) is 0 Å². The average Bonchev–Trinajstić information content (AvgIpc) is 2.36. The fraction of sp³-hybridized carbons (Fsp3) is 1.00. The first-order chi connectivity index (χ1) is 8.43. The molecule has 0 saturated carbocycles. The predicted octanol–water partition coefficient (Wildman–Crippen LogP) is -2.96. The van der Waals surface area contributed by atoms with Gasteiger partial charge in [-0.1, -0.05) is 0 Å². The van der Waals surface area contributed by atoms with Crippen LogP contribution in [0.25, 0.3) is 0 Å². The zero-order valence-electron chi connectivity index (χ0n) is 10.4. The summed E-state index contributed by atoms with van der Waals surface area (Å²) in [6.07, 6.45) is -5.84. The maximum atomic E-state index is 9.66. The molecule has 0 aromatic heterocycles. The number of likely N-dealkylation sites (N-methyl/N-ethyl adjacent to an activating group) is 1. The molecule has 0 aromatic carbocycles. The summed E-state index contributed by atoms with van der Waals surface area (Å²) < 4.78 is 0. The Balaban J connectivity index is 4.02. The van der Waals surface area contributed by atoms with E-state index < -0.39 is 31.0 Å². The molecular weight excluding hydrogens is 262 g/mol. The summed E-state index contributed by atoms with van der Waals surface area (Å²) in [4.78, 5) is 1.71. The molecule has 0 bridgehead atoms. The van der Waals surface area contributed by atoms with E-state index in [-0.39, 0.29) is 13.2 Å². The molecule has 0 spiro atoms. The van der Waals surface area contributed by atoms with Crippen molar-refractivity contribution in [1.29, 1.82) is 0 Å². The highest BCUT2D eigenvalue weighted by atomic mass is 32.2. The van der Waals surface area contributed by atoms with E-state index in [0.717, 1.165) is 0 Å². The normalized spacial score (nSPS) is 18.7. The second-order valence-electron chi connectivity index (χ2n) is 4.10. The molecule has 0 radical (unpaired) electrons. The molecule has 0 unspecified atom stereocenters. The number of rotatable bonds is 10. The van der Waals surface area contributed by atoms with Crippen molar-refractivity contribution in [3.63, 3.8) is 0 Å². The van der Waals surface area contributed by atoms with E-state index in [1.54, 1.807) is 11.9 Å². The van der Waals surface area contributed by atoms with Crippen molar-refractivity contribution in [3.8, 4) is 0 Å². The van der Waals surface area contributed by atoms with Gasteiger partial charge in [-0.05, 0) is 7.05 Å². The molecule has 6 N–H and O–H groups in total. The van der Waals surface area contributed by atoms with Gasteiger partial charge in [0.1, 0.15) is 18.3 Å². The minimum absolute atomic E-state index is 0.0745. The van der Waals surface area contributed by atoms with Crippen LogP contribution in [0.1, 0.15) is 0 Å². The summed E-state index contributed by atoms with van der Waals surface area (Å²) in [5, 5.41) is 55.0. The number of aliphatic hydroxyl groups is 6. The van der Waals surface area contributed by atoms with E-state index >= 15 is 0 Å². The van der Waals surface area contributed by atoms with Gasteiger partial charge in [0.15, 0.2) is 0 Å². The Kier molecular flexibility index (Phi) is 9.97. The third kappa shape index (κ3) is 6.86. The highest BCUT2D eigenvalue weighted by Crippen LogP contribution is 2.08. The Morgan fingerprint density at radius 3 is 2.06 bits per heavy atom. The summed E-state index contributed by atoms with van der Waals surface area (Å²) in [5.41, 5.74) is 0. The van der Waals surface area contributed by atoms with Crippen LogP contribution < -0.4 is 0 Å². The Morgan fingerprint density at radius 1 is 1.00 bits per heavy atom. The van der Waals surface area contributed by atoms with Gasteiger partial charge in [0, 0.05) is 18.2 Å². The number of thioether (sulfide) groups is 1. The minimum Gasteiger partial charge on any atom is -0.396 e. The fourth-order valence-electron chi connectivity index (χ4n) is 1.33. The number of hydrogen-bond donors (Lipinski definition) is 6. The van der Waals surface area contributed by atoms with Crippen molar-refractivity contribution >= 4 is 11.8 Å². The zero-order valence-corrected chi connectivity index (χ0v) is 11.2. The SMILES string of the molecule is CN(CSCCO)C[C@H](O)[C@H](O)[C@H](O)[C@H](O)CO. The van der Waals surface area contributed by atoms with Crippen molar-refractivity contribution in [2.75, 3.05) is 38.4 Å². The maximum absolute atomic E-state index is 9.66. The lowest BCUT2D eigenvalue weighted by atomic mass is 10.0. The first-order valence-corrected chi connectivity index (χ1v) is 6.79. The second-order valence-corrected chi connectivity index (χ2v) is 5.17.